The predicted molar refractivity (Wildman–Crippen MR) is 102 cm³/mol. The van der Waals surface area contributed by atoms with Crippen molar-refractivity contribution in [3.63, 3.8) is 0 Å². The fraction of sp³-hybridized carbons (Fsp3) is 0.350. The second-order valence-corrected chi connectivity index (χ2v) is 8.78. The van der Waals surface area contributed by atoms with Crippen molar-refractivity contribution in [2.45, 2.75) is 30.2 Å². The van der Waals surface area contributed by atoms with Crippen molar-refractivity contribution >= 4 is 22.1 Å². The molecule has 0 radical (unpaired) electrons. The highest BCUT2D eigenvalue weighted by molar-refractivity contribution is 7.89. The van der Waals surface area contributed by atoms with Crippen molar-refractivity contribution in [2.24, 2.45) is 0 Å². The van der Waals surface area contributed by atoms with E-state index in [1.807, 2.05) is 24.3 Å². The van der Waals surface area contributed by atoms with Gasteiger partial charge in [0.15, 0.2) is 0 Å². The van der Waals surface area contributed by atoms with Gasteiger partial charge in [-0.2, -0.15) is 4.31 Å². The summed E-state index contributed by atoms with van der Waals surface area (Å²) in [6.45, 7) is 1.11. The Morgan fingerprint density at radius 3 is 2.59 bits per heavy atom. The first kappa shape index (κ1) is 18.0. The van der Waals surface area contributed by atoms with Crippen LogP contribution in [-0.2, 0) is 21.2 Å². The fourth-order valence-corrected chi connectivity index (χ4v) is 5.73. The van der Waals surface area contributed by atoms with Crippen LogP contribution in [-0.4, -0.2) is 39.3 Å². The van der Waals surface area contributed by atoms with Gasteiger partial charge in [0.2, 0.25) is 16.4 Å². The molecular weight excluding hydrogens is 364 g/mol. The van der Waals surface area contributed by atoms with E-state index < -0.39 is 10.0 Å². The molecule has 1 fully saturated rings. The molecule has 2 aliphatic heterocycles. The van der Waals surface area contributed by atoms with Gasteiger partial charge in [0.1, 0.15) is 5.75 Å². The van der Waals surface area contributed by atoms with Crippen LogP contribution in [0.2, 0.25) is 0 Å². The molecule has 2 aromatic rings. The number of benzene rings is 2. The van der Waals surface area contributed by atoms with Crippen molar-refractivity contribution in [1.82, 2.24) is 4.31 Å². The minimum Gasteiger partial charge on any atom is -0.497 e. The lowest BCUT2D eigenvalue weighted by atomic mass is 10.1. The molecule has 6 nitrogen and oxygen atoms in total. The summed E-state index contributed by atoms with van der Waals surface area (Å²) in [5, 5.41) is 0. The Hall–Kier alpha value is -2.38. The summed E-state index contributed by atoms with van der Waals surface area (Å²) >= 11 is 0. The number of carbonyl (C=O) groups excluding carboxylic acids is 1. The Kier molecular flexibility index (Phi) is 4.65. The molecule has 0 bridgehead atoms. The zero-order valence-corrected chi connectivity index (χ0v) is 16.0. The second-order valence-electron chi connectivity index (χ2n) is 6.89. The van der Waals surface area contributed by atoms with Gasteiger partial charge in [-0.3, -0.25) is 4.79 Å². The van der Waals surface area contributed by atoms with Crippen LogP contribution < -0.4 is 9.64 Å². The maximum absolute atomic E-state index is 13.3. The van der Waals surface area contributed by atoms with Gasteiger partial charge in [-0.15, -0.1) is 0 Å². The molecule has 2 aromatic carbocycles. The molecule has 142 valence electrons. The van der Waals surface area contributed by atoms with Crippen molar-refractivity contribution in [1.29, 1.82) is 0 Å². The SMILES string of the molecule is COc1ccc(C2CCCN2S(=O)(=O)c2ccc3c(c2)CCN3C=O)cc1. The molecule has 7 heteroatoms. The maximum Gasteiger partial charge on any atom is 0.243 e. The first-order chi connectivity index (χ1) is 13.0. The number of carbonyl (C=O) groups is 1. The first-order valence-electron chi connectivity index (χ1n) is 9.05. The molecule has 0 aromatic heterocycles. The molecule has 0 aliphatic carbocycles. The lowest BCUT2D eigenvalue weighted by molar-refractivity contribution is -0.107. The number of fused-ring (bicyclic) bond motifs is 1. The number of rotatable bonds is 5. The Bertz CT molecular complexity index is 956. The average Bonchev–Trinajstić information content (AvgIpc) is 3.34. The monoisotopic (exact) mass is 386 g/mol. The van der Waals surface area contributed by atoms with Crippen LogP contribution in [0.3, 0.4) is 0 Å². The molecule has 2 aliphatic rings. The number of nitrogens with zero attached hydrogens (tertiary/aromatic N) is 2. The van der Waals surface area contributed by atoms with Gasteiger partial charge >= 0.3 is 0 Å². The number of methoxy groups -OCH3 is 1. The molecule has 2 heterocycles. The van der Waals surface area contributed by atoms with E-state index in [1.165, 1.54) is 0 Å². The van der Waals surface area contributed by atoms with Crippen LogP contribution in [0.1, 0.15) is 30.0 Å². The highest BCUT2D eigenvalue weighted by Gasteiger charge is 2.36. The van der Waals surface area contributed by atoms with Crippen LogP contribution in [0.15, 0.2) is 47.4 Å². The van der Waals surface area contributed by atoms with E-state index in [2.05, 4.69) is 0 Å². The fourth-order valence-electron chi connectivity index (χ4n) is 4.00. The average molecular weight is 386 g/mol. The molecule has 1 saturated heterocycles. The minimum atomic E-state index is -3.60. The lowest BCUT2D eigenvalue weighted by Crippen LogP contribution is -2.30. The normalized spacial score (nSPS) is 19.9. The highest BCUT2D eigenvalue weighted by atomic mass is 32.2. The molecule has 0 spiro atoms. The third-order valence-electron chi connectivity index (χ3n) is 5.42. The van der Waals surface area contributed by atoms with Gasteiger partial charge in [0.25, 0.3) is 0 Å². The number of amides is 1. The molecule has 1 amide bonds. The van der Waals surface area contributed by atoms with Gasteiger partial charge < -0.3 is 9.64 Å². The van der Waals surface area contributed by atoms with Crippen LogP contribution in [0.4, 0.5) is 5.69 Å². The van der Waals surface area contributed by atoms with E-state index in [9.17, 15) is 13.2 Å². The molecule has 0 N–H and O–H groups in total. The standard InChI is InChI=1S/C20H22N2O4S/c1-26-17-6-4-15(5-7-17)20-3-2-11-22(20)27(24,25)18-8-9-19-16(13-18)10-12-21(19)14-23/h4-9,13-14,20H,2-3,10-12H2,1H3. The number of sulfonamides is 1. The van der Waals surface area contributed by atoms with Crippen LogP contribution in [0, 0.1) is 0 Å². The molecular formula is C20H22N2O4S. The van der Waals surface area contributed by atoms with E-state index in [0.29, 0.717) is 24.4 Å². The van der Waals surface area contributed by atoms with Gasteiger partial charge in [-0.25, -0.2) is 8.42 Å². The van der Waals surface area contributed by atoms with Gasteiger partial charge in [-0.05, 0) is 60.7 Å². The maximum atomic E-state index is 13.3. The third-order valence-corrected chi connectivity index (χ3v) is 7.32. The summed E-state index contributed by atoms with van der Waals surface area (Å²) in [5.41, 5.74) is 2.69. The Balaban J connectivity index is 1.65. The van der Waals surface area contributed by atoms with Crippen LogP contribution in [0.5, 0.6) is 5.75 Å². The van der Waals surface area contributed by atoms with Crippen LogP contribution in [0.25, 0.3) is 0 Å². The highest BCUT2D eigenvalue weighted by Crippen LogP contribution is 2.38. The summed E-state index contributed by atoms with van der Waals surface area (Å²) in [6.07, 6.45) is 3.11. The predicted octanol–water partition coefficient (Wildman–Crippen LogP) is 2.74. The Morgan fingerprint density at radius 2 is 1.89 bits per heavy atom. The number of ether oxygens (including phenoxy) is 1. The van der Waals surface area contributed by atoms with E-state index >= 15 is 0 Å². The van der Waals surface area contributed by atoms with Gasteiger partial charge in [0, 0.05) is 18.8 Å². The molecule has 0 saturated carbocycles. The molecule has 27 heavy (non-hydrogen) atoms. The van der Waals surface area contributed by atoms with Crippen molar-refractivity contribution < 1.29 is 17.9 Å². The summed E-state index contributed by atoms with van der Waals surface area (Å²) in [4.78, 5) is 13.0. The topological polar surface area (TPSA) is 66.9 Å². The van der Waals surface area contributed by atoms with Crippen molar-refractivity contribution in [3.8, 4) is 5.75 Å². The summed E-state index contributed by atoms with van der Waals surface area (Å²) in [6, 6.07) is 12.5. The zero-order valence-electron chi connectivity index (χ0n) is 15.2. The Morgan fingerprint density at radius 1 is 1.11 bits per heavy atom. The summed E-state index contributed by atoms with van der Waals surface area (Å²) in [5.74, 6) is 0.754. The van der Waals surface area contributed by atoms with E-state index in [1.54, 1.807) is 34.5 Å². The zero-order chi connectivity index (χ0) is 19.0. The second kappa shape index (κ2) is 6.98. The van der Waals surface area contributed by atoms with E-state index in [-0.39, 0.29) is 6.04 Å². The number of anilines is 1. The van der Waals surface area contributed by atoms with Crippen molar-refractivity contribution in [2.75, 3.05) is 25.1 Å². The minimum absolute atomic E-state index is 0.166. The summed E-state index contributed by atoms with van der Waals surface area (Å²) in [7, 11) is -1.99. The Labute approximate surface area is 159 Å². The lowest BCUT2D eigenvalue weighted by Gasteiger charge is -2.25. The summed E-state index contributed by atoms with van der Waals surface area (Å²) < 4.78 is 33.4. The smallest absolute Gasteiger partial charge is 0.243 e. The van der Waals surface area contributed by atoms with Crippen molar-refractivity contribution in [3.05, 3.63) is 53.6 Å². The molecule has 1 atom stereocenters. The number of hydrogen-bond donors (Lipinski definition) is 0. The van der Waals surface area contributed by atoms with Gasteiger partial charge in [0.05, 0.1) is 18.0 Å². The number of hydrogen-bond acceptors (Lipinski definition) is 4. The third kappa shape index (κ3) is 3.11. The molecule has 4 rings (SSSR count). The molecule has 1 unspecified atom stereocenters. The van der Waals surface area contributed by atoms with Crippen LogP contribution >= 0.6 is 0 Å². The quantitative estimate of drug-likeness (QED) is 0.741. The van der Waals surface area contributed by atoms with E-state index in [4.69, 9.17) is 4.74 Å². The van der Waals surface area contributed by atoms with Gasteiger partial charge in [-0.1, -0.05) is 12.1 Å². The first-order valence-corrected chi connectivity index (χ1v) is 10.5. The largest absolute Gasteiger partial charge is 0.497 e. The van der Waals surface area contributed by atoms with E-state index in [0.717, 1.165) is 41.8 Å².